The summed E-state index contributed by atoms with van der Waals surface area (Å²) in [5, 5.41) is 0. The fourth-order valence-electron chi connectivity index (χ4n) is 2.39. The van der Waals surface area contributed by atoms with Gasteiger partial charge in [0.15, 0.2) is 11.6 Å². The molecule has 120 valence electrons. The molecule has 0 atom stereocenters. The summed E-state index contributed by atoms with van der Waals surface area (Å²) in [6, 6.07) is 16.6. The Bertz CT molecular complexity index is 893. The standard InChI is InChI=1S/C21H15F3/c1-14-5-9-18(13-20(14)23)16-10-6-15(7-11-16)8-12-17-3-2-4-19(22)21(17)24/h2-13H,1H3/b12-8+. The lowest BCUT2D eigenvalue weighted by atomic mass is 10.0. The van der Waals surface area contributed by atoms with Gasteiger partial charge in [-0.25, -0.2) is 13.2 Å². The summed E-state index contributed by atoms with van der Waals surface area (Å²) in [5.41, 5.74) is 3.33. The minimum absolute atomic E-state index is 0.194. The first-order chi connectivity index (χ1) is 11.5. The van der Waals surface area contributed by atoms with Gasteiger partial charge in [0.25, 0.3) is 0 Å². The molecule has 0 bridgehead atoms. The van der Waals surface area contributed by atoms with Gasteiger partial charge in [-0.1, -0.05) is 60.7 Å². The van der Waals surface area contributed by atoms with Gasteiger partial charge < -0.3 is 0 Å². The molecule has 0 radical (unpaired) electrons. The van der Waals surface area contributed by atoms with E-state index < -0.39 is 11.6 Å². The van der Waals surface area contributed by atoms with Crippen molar-refractivity contribution in [3.63, 3.8) is 0 Å². The molecule has 24 heavy (non-hydrogen) atoms. The predicted octanol–water partition coefficient (Wildman–Crippen LogP) is 6.25. The van der Waals surface area contributed by atoms with Crippen molar-refractivity contribution in [3.05, 3.63) is 94.8 Å². The Morgan fingerprint density at radius 3 is 2.12 bits per heavy atom. The topological polar surface area (TPSA) is 0 Å². The van der Waals surface area contributed by atoms with E-state index in [1.165, 1.54) is 24.3 Å². The van der Waals surface area contributed by atoms with Crippen molar-refractivity contribution in [1.29, 1.82) is 0 Å². The number of aryl methyl sites for hydroxylation is 1. The third kappa shape index (κ3) is 3.40. The quantitative estimate of drug-likeness (QED) is 0.500. The van der Waals surface area contributed by atoms with Crippen LogP contribution in [0, 0.1) is 24.4 Å². The first kappa shape index (κ1) is 16.1. The van der Waals surface area contributed by atoms with E-state index >= 15 is 0 Å². The third-order valence-electron chi connectivity index (χ3n) is 3.85. The van der Waals surface area contributed by atoms with Crippen molar-refractivity contribution < 1.29 is 13.2 Å². The van der Waals surface area contributed by atoms with E-state index in [0.29, 0.717) is 5.56 Å². The van der Waals surface area contributed by atoms with Crippen molar-refractivity contribution in [1.82, 2.24) is 0 Å². The average Bonchev–Trinajstić information content (AvgIpc) is 2.59. The molecular weight excluding hydrogens is 309 g/mol. The van der Waals surface area contributed by atoms with Crippen molar-refractivity contribution >= 4 is 12.2 Å². The molecule has 0 aromatic heterocycles. The SMILES string of the molecule is Cc1ccc(-c2ccc(/C=C/c3cccc(F)c3F)cc2)cc1F. The van der Waals surface area contributed by atoms with Crippen LogP contribution in [0.2, 0.25) is 0 Å². The summed E-state index contributed by atoms with van der Waals surface area (Å²) < 4.78 is 40.4. The molecule has 3 rings (SSSR count). The second-order valence-electron chi connectivity index (χ2n) is 5.56. The highest BCUT2D eigenvalue weighted by Crippen LogP contribution is 2.23. The fraction of sp³-hybridized carbons (Fsp3) is 0.0476. The summed E-state index contributed by atoms with van der Waals surface area (Å²) in [4.78, 5) is 0. The van der Waals surface area contributed by atoms with Gasteiger partial charge in [0, 0.05) is 5.56 Å². The molecule has 0 aliphatic carbocycles. The summed E-state index contributed by atoms with van der Waals surface area (Å²) in [6.07, 6.45) is 3.23. The molecule has 0 fully saturated rings. The molecule has 3 aromatic carbocycles. The number of halogens is 3. The Morgan fingerprint density at radius 1 is 0.708 bits per heavy atom. The predicted molar refractivity (Wildman–Crippen MR) is 91.9 cm³/mol. The number of hydrogen-bond donors (Lipinski definition) is 0. The lowest BCUT2D eigenvalue weighted by Crippen LogP contribution is -1.87. The van der Waals surface area contributed by atoms with Crippen LogP contribution in [0.3, 0.4) is 0 Å². The lowest BCUT2D eigenvalue weighted by molar-refractivity contribution is 0.507. The van der Waals surface area contributed by atoms with Crippen LogP contribution in [0.15, 0.2) is 60.7 Å². The lowest BCUT2D eigenvalue weighted by Gasteiger charge is -2.04. The van der Waals surface area contributed by atoms with E-state index in [1.54, 1.807) is 19.1 Å². The van der Waals surface area contributed by atoms with Gasteiger partial charge in [0.1, 0.15) is 5.82 Å². The van der Waals surface area contributed by atoms with E-state index in [4.69, 9.17) is 0 Å². The zero-order valence-electron chi connectivity index (χ0n) is 13.1. The summed E-state index contributed by atoms with van der Waals surface area (Å²) in [5.74, 6) is -1.97. The molecule has 0 aliphatic heterocycles. The summed E-state index contributed by atoms with van der Waals surface area (Å²) in [6.45, 7) is 1.72. The molecule has 0 nitrogen and oxygen atoms in total. The number of rotatable bonds is 3. The molecule has 0 saturated carbocycles. The first-order valence-electron chi connectivity index (χ1n) is 7.53. The Balaban J connectivity index is 1.83. The molecule has 0 spiro atoms. The maximum atomic E-state index is 13.6. The van der Waals surface area contributed by atoms with Crippen LogP contribution in [-0.4, -0.2) is 0 Å². The Kier molecular flexibility index (Phi) is 4.52. The normalized spacial score (nSPS) is 11.2. The van der Waals surface area contributed by atoms with Gasteiger partial charge >= 0.3 is 0 Å². The first-order valence-corrected chi connectivity index (χ1v) is 7.53. The highest BCUT2D eigenvalue weighted by molar-refractivity contribution is 5.72. The van der Waals surface area contributed by atoms with E-state index in [-0.39, 0.29) is 11.4 Å². The highest BCUT2D eigenvalue weighted by Gasteiger charge is 2.04. The zero-order chi connectivity index (χ0) is 17.1. The van der Waals surface area contributed by atoms with Crippen LogP contribution in [0.25, 0.3) is 23.3 Å². The third-order valence-corrected chi connectivity index (χ3v) is 3.85. The van der Waals surface area contributed by atoms with Crippen LogP contribution in [0.4, 0.5) is 13.2 Å². The van der Waals surface area contributed by atoms with Crippen LogP contribution in [0.5, 0.6) is 0 Å². The van der Waals surface area contributed by atoms with E-state index in [0.717, 1.165) is 22.8 Å². The largest absolute Gasteiger partial charge is 0.207 e. The Labute approximate surface area is 138 Å². The van der Waals surface area contributed by atoms with Gasteiger partial charge in [-0.15, -0.1) is 0 Å². The molecule has 0 unspecified atom stereocenters. The van der Waals surface area contributed by atoms with E-state index in [2.05, 4.69) is 0 Å². The van der Waals surface area contributed by atoms with E-state index in [1.807, 2.05) is 30.3 Å². The molecule has 0 heterocycles. The average molecular weight is 324 g/mol. The van der Waals surface area contributed by atoms with Crippen LogP contribution >= 0.6 is 0 Å². The van der Waals surface area contributed by atoms with Crippen LogP contribution in [-0.2, 0) is 0 Å². The molecule has 0 N–H and O–H groups in total. The van der Waals surface area contributed by atoms with Crippen molar-refractivity contribution in [2.24, 2.45) is 0 Å². The molecule has 0 saturated heterocycles. The minimum Gasteiger partial charge on any atom is -0.207 e. The maximum Gasteiger partial charge on any atom is 0.166 e. The smallest absolute Gasteiger partial charge is 0.166 e. The fourth-order valence-corrected chi connectivity index (χ4v) is 2.39. The Morgan fingerprint density at radius 2 is 1.42 bits per heavy atom. The Hall–Kier alpha value is -2.81. The summed E-state index contributed by atoms with van der Waals surface area (Å²) >= 11 is 0. The van der Waals surface area contributed by atoms with Crippen molar-refractivity contribution in [2.45, 2.75) is 6.92 Å². The van der Waals surface area contributed by atoms with Gasteiger partial charge in [-0.2, -0.15) is 0 Å². The summed E-state index contributed by atoms with van der Waals surface area (Å²) in [7, 11) is 0. The van der Waals surface area contributed by atoms with Gasteiger partial charge in [-0.3, -0.25) is 0 Å². The van der Waals surface area contributed by atoms with E-state index in [9.17, 15) is 13.2 Å². The molecule has 0 aliphatic rings. The molecule has 3 heteroatoms. The minimum atomic E-state index is -0.867. The van der Waals surface area contributed by atoms with Crippen LogP contribution in [0.1, 0.15) is 16.7 Å². The monoisotopic (exact) mass is 324 g/mol. The number of benzene rings is 3. The number of hydrogen-bond acceptors (Lipinski definition) is 0. The zero-order valence-corrected chi connectivity index (χ0v) is 13.1. The molecule has 3 aromatic rings. The maximum absolute atomic E-state index is 13.6. The molecular formula is C21H15F3. The van der Waals surface area contributed by atoms with Gasteiger partial charge in [0.05, 0.1) is 0 Å². The molecule has 0 amide bonds. The van der Waals surface area contributed by atoms with Crippen molar-refractivity contribution in [2.75, 3.05) is 0 Å². The second-order valence-corrected chi connectivity index (χ2v) is 5.56. The van der Waals surface area contributed by atoms with Gasteiger partial charge in [0.2, 0.25) is 0 Å². The van der Waals surface area contributed by atoms with Crippen LogP contribution < -0.4 is 0 Å². The van der Waals surface area contributed by atoms with Crippen molar-refractivity contribution in [3.8, 4) is 11.1 Å². The van der Waals surface area contributed by atoms with Gasteiger partial charge in [-0.05, 0) is 41.3 Å². The second kappa shape index (κ2) is 6.75. The highest BCUT2D eigenvalue weighted by atomic mass is 19.2.